The van der Waals surface area contributed by atoms with E-state index in [0.717, 1.165) is 51.0 Å². The van der Waals surface area contributed by atoms with E-state index in [2.05, 4.69) is 44.2 Å². The molecule has 4 aliphatic rings. The van der Waals surface area contributed by atoms with Gasteiger partial charge in [-0.25, -0.2) is 0 Å². The van der Waals surface area contributed by atoms with Gasteiger partial charge in [-0.05, 0) is 58.1 Å². The fraction of sp³-hybridized carbons (Fsp3) is 0.385. The fourth-order valence-electron chi connectivity index (χ4n) is 4.96. The zero-order chi connectivity index (χ0) is 21.5. The first-order valence-electron chi connectivity index (χ1n) is 10.7. The van der Waals surface area contributed by atoms with Gasteiger partial charge in [0.1, 0.15) is 46.1 Å². The summed E-state index contributed by atoms with van der Waals surface area (Å²) < 4.78 is 31.1. The first-order valence-corrected chi connectivity index (χ1v) is 10.7. The third-order valence-corrected chi connectivity index (χ3v) is 6.43. The zero-order valence-electron chi connectivity index (χ0n) is 18.4. The Morgan fingerprint density at radius 1 is 0.903 bits per heavy atom. The van der Waals surface area contributed by atoms with E-state index in [9.17, 15) is 0 Å². The molecule has 4 aliphatic heterocycles. The molecule has 5 heteroatoms. The second-order valence-corrected chi connectivity index (χ2v) is 9.66. The molecule has 6 rings (SSSR count). The maximum Gasteiger partial charge on any atom is 0.141 e. The summed E-state index contributed by atoms with van der Waals surface area (Å²) in [4.78, 5) is 0. The van der Waals surface area contributed by atoms with Crippen LogP contribution in [0.1, 0.15) is 62.0 Å². The van der Waals surface area contributed by atoms with Crippen molar-refractivity contribution in [2.45, 2.75) is 50.9 Å². The van der Waals surface area contributed by atoms with Gasteiger partial charge in [-0.3, -0.25) is 0 Å². The van der Waals surface area contributed by atoms with Crippen molar-refractivity contribution >= 4 is 12.2 Å². The second kappa shape index (κ2) is 6.00. The van der Waals surface area contributed by atoms with Gasteiger partial charge in [-0.15, -0.1) is 0 Å². The van der Waals surface area contributed by atoms with Gasteiger partial charge in [0, 0.05) is 11.6 Å². The number of fused-ring (bicyclic) bond motifs is 8. The molecule has 0 unspecified atom stereocenters. The number of rotatable bonds is 1. The van der Waals surface area contributed by atoms with Crippen LogP contribution in [0.15, 0.2) is 30.4 Å². The Bertz CT molecular complexity index is 1170. The number of ether oxygens (including phenoxy) is 5. The van der Waals surface area contributed by atoms with Crippen molar-refractivity contribution in [2.24, 2.45) is 0 Å². The van der Waals surface area contributed by atoms with Crippen LogP contribution >= 0.6 is 0 Å². The zero-order valence-corrected chi connectivity index (χ0v) is 18.4. The highest BCUT2D eigenvalue weighted by molar-refractivity contribution is 5.75. The summed E-state index contributed by atoms with van der Waals surface area (Å²) in [5.41, 5.74) is 3.31. The van der Waals surface area contributed by atoms with Crippen molar-refractivity contribution in [3.05, 3.63) is 52.6 Å². The van der Waals surface area contributed by atoms with E-state index in [1.807, 2.05) is 26.0 Å². The highest BCUT2D eigenvalue weighted by Gasteiger charge is 2.45. The summed E-state index contributed by atoms with van der Waals surface area (Å²) in [6.07, 6.45) is 8.13. The van der Waals surface area contributed by atoms with Crippen molar-refractivity contribution in [3.63, 3.8) is 0 Å². The lowest BCUT2D eigenvalue weighted by atomic mass is 9.86. The molecule has 0 spiro atoms. The Balaban J connectivity index is 1.48. The monoisotopic (exact) mass is 418 g/mol. The topological polar surface area (TPSA) is 46.2 Å². The third-order valence-electron chi connectivity index (χ3n) is 6.43. The molecule has 0 saturated heterocycles. The molecule has 0 amide bonds. The molecule has 0 bridgehead atoms. The normalized spacial score (nSPS) is 24.8. The average molecular weight is 418 g/mol. The number of hydrogen-bond donors (Lipinski definition) is 0. The lowest BCUT2D eigenvalue weighted by molar-refractivity contribution is 0.129. The Hall–Kier alpha value is -3.08. The molecule has 0 N–H and O–H groups in total. The van der Waals surface area contributed by atoms with Crippen LogP contribution in [0.5, 0.6) is 28.7 Å². The summed E-state index contributed by atoms with van der Waals surface area (Å²) in [7, 11) is 1.69. The number of benzene rings is 2. The van der Waals surface area contributed by atoms with E-state index < -0.39 is 0 Å². The lowest BCUT2D eigenvalue weighted by Crippen LogP contribution is -2.29. The maximum absolute atomic E-state index is 6.62. The molecule has 0 radical (unpaired) electrons. The van der Waals surface area contributed by atoms with Gasteiger partial charge >= 0.3 is 0 Å². The van der Waals surface area contributed by atoms with Crippen LogP contribution in [-0.2, 0) is 0 Å². The fourth-order valence-corrected chi connectivity index (χ4v) is 4.96. The third kappa shape index (κ3) is 2.68. The van der Waals surface area contributed by atoms with Gasteiger partial charge in [0.05, 0.1) is 36.3 Å². The van der Waals surface area contributed by atoms with Crippen LogP contribution in [0.2, 0.25) is 0 Å². The molecule has 2 aromatic rings. The van der Waals surface area contributed by atoms with Gasteiger partial charge in [-0.1, -0.05) is 6.07 Å². The van der Waals surface area contributed by atoms with E-state index in [0.29, 0.717) is 6.61 Å². The molecule has 2 atom stereocenters. The van der Waals surface area contributed by atoms with Crippen LogP contribution in [0.25, 0.3) is 12.2 Å². The Morgan fingerprint density at radius 2 is 1.61 bits per heavy atom. The van der Waals surface area contributed by atoms with Gasteiger partial charge in [0.15, 0.2) is 0 Å². The second-order valence-electron chi connectivity index (χ2n) is 9.66. The molecule has 0 aromatic heterocycles. The molecule has 0 fully saturated rings. The van der Waals surface area contributed by atoms with E-state index in [1.165, 1.54) is 0 Å². The minimum Gasteiger partial charge on any atom is -0.495 e. The SMILES string of the molecule is COc1c2c(cc3c1[C@@H]1Oc4c(ccc5c4C=CC(C)(C)O5)[C@@H]1CO3)OC(C)(C)C=C2. The van der Waals surface area contributed by atoms with E-state index in [4.69, 9.17) is 23.7 Å². The molecule has 160 valence electrons. The van der Waals surface area contributed by atoms with Crippen molar-refractivity contribution in [1.82, 2.24) is 0 Å². The predicted octanol–water partition coefficient (Wildman–Crippen LogP) is 5.67. The van der Waals surface area contributed by atoms with Crippen LogP contribution in [0.3, 0.4) is 0 Å². The Kier molecular flexibility index (Phi) is 3.61. The standard InChI is InChI=1S/C26H26O5/c1-25(2)10-8-15-18(30-25)7-6-14-17-13-28-20-12-19-16(9-11-26(3,4)31-19)23(27-5)21(20)24(17)29-22(14)15/h6-12,17,24H,13H2,1-5H3/t17-,24+/m0/s1. The first kappa shape index (κ1) is 18.7. The quantitative estimate of drug-likeness (QED) is 0.597. The summed E-state index contributed by atoms with van der Waals surface area (Å²) in [5, 5.41) is 0. The Labute approximate surface area is 182 Å². The lowest BCUT2D eigenvalue weighted by Gasteiger charge is -2.34. The minimum atomic E-state index is -0.372. The van der Waals surface area contributed by atoms with E-state index in [-0.39, 0.29) is 23.2 Å². The first-order chi connectivity index (χ1) is 14.8. The van der Waals surface area contributed by atoms with E-state index >= 15 is 0 Å². The highest BCUT2D eigenvalue weighted by Crippen LogP contribution is 2.58. The number of methoxy groups -OCH3 is 1. The molecule has 0 saturated carbocycles. The van der Waals surface area contributed by atoms with Crippen molar-refractivity contribution in [2.75, 3.05) is 13.7 Å². The smallest absolute Gasteiger partial charge is 0.141 e. The maximum atomic E-state index is 6.62. The van der Waals surface area contributed by atoms with E-state index in [1.54, 1.807) is 7.11 Å². The summed E-state index contributed by atoms with van der Waals surface area (Å²) in [5.74, 6) is 4.10. The molecule has 0 aliphatic carbocycles. The van der Waals surface area contributed by atoms with Crippen LogP contribution in [0.4, 0.5) is 0 Å². The molecule has 31 heavy (non-hydrogen) atoms. The largest absolute Gasteiger partial charge is 0.495 e. The van der Waals surface area contributed by atoms with Gasteiger partial charge in [0.25, 0.3) is 0 Å². The van der Waals surface area contributed by atoms with Crippen molar-refractivity contribution < 1.29 is 23.7 Å². The van der Waals surface area contributed by atoms with Crippen molar-refractivity contribution in [3.8, 4) is 28.7 Å². The van der Waals surface area contributed by atoms with Crippen molar-refractivity contribution in [1.29, 1.82) is 0 Å². The van der Waals surface area contributed by atoms with Crippen LogP contribution in [0, 0.1) is 0 Å². The molecule has 4 heterocycles. The summed E-state index contributed by atoms with van der Waals surface area (Å²) in [6, 6.07) is 6.13. The average Bonchev–Trinajstić information content (AvgIpc) is 3.09. The van der Waals surface area contributed by atoms with Crippen LogP contribution < -0.4 is 23.7 Å². The minimum absolute atomic E-state index is 0.0908. The predicted molar refractivity (Wildman–Crippen MR) is 119 cm³/mol. The highest BCUT2D eigenvalue weighted by atomic mass is 16.5. The summed E-state index contributed by atoms with van der Waals surface area (Å²) in [6.45, 7) is 8.71. The van der Waals surface area contributed by atoms with Crippen LogP contribution in [-0.4, -0.2) is 24.9 Å². The van der Waals surface area contributed by atoms with Gasteiger partial charge in [0.2, 0.25) is 0 Å². The summed E-state index contributed by atoms with van der Waals surface area (Å²) >= 11 is 0. The molecular weight excluding hydrogens is 392 g/mol. The molecule has 5 nitrogen and oxygen atoms in total. The molecule has 2 aromatic carbocycles. The molecular formula is C26H26O5. The Morgan fingerprint density at radius 3 is 2.35 bits per heavy atom. The number of hydrogen-bond acceptors (Lipinski definition) is 5. The van der Waals surface area contributed by atoms with Gasteiger partial charge < -0.3 is 23.7 Å². The van der Waals surface area contributed by atoms with Gasteiger partial charge in [-0.2, -0.15) is 0 Å².